The van der Waals surface area contributed by atoms with E-state index in [0.717, 1.165) is 26.1 Å². The SMILES string of the molecule is CCNC1(CO)CCCC1CCN(CC)CC. The first-order valence-electron chi connectivity index (χ1n) is 7.30. The molecule has 1 aliphatic rings. The van der Waals surface area contributed by atoms with Crippen molar-refractivity contribution in [3.63, 3.8) is 0 Å². The van der Waals surface area contributed by atoms with E-state index in [4.69, 9.17) is 0 Å². The van der Waals surface area contributed by atoms with Gasteiger partial charge in [0.25, 0.3) is 0 Å². The third kappa shape index (κ3) is 3.67. The van der Waals surface area contributed by atoms with Crippen molar-refractivity contribution in [2.24, 2.45) is 5.92 Å². The van der Waals surface area contributed by atoms with Crippen LogP contribution in [0.1, 0.15) is 46.5 Å². The Labute approximate surface area is 107 Å². The average molecular weight is 242 g/mol. The van der Waals surface area contributed by atoms with Crippen molar-refractivity contribution in [3.05, 3.63) is 0 Å². The molecule has 2 N–H and O–H groups in total. The third-order valence-electron chi connectivity index (χ3n) is 4.46. The fourth-order valence-electron chi connectivity index (χ4n) is 3.29. The van der Waals surface area contributed by atoms with Crippen LogP contribution in [0.5, 0.6) is 0 Å². The number of nitrogens with one attached hydrogen (secondary N) is 1. The molecule has 1 rings (SSSR count). The lowest BCUT2D eigenvalue weighted by Crippen LogP contribution is -2.51. The quantitative estimate of drug-likeness (QED) is 0.682. The smallest absolute Gasteiger partial charge is 0.0616 e. The lowest BCUT2D eigenvalue weighted by Gasteiger charge is -2.36. The topological polar surface area (TPSA) is 35.5 Å². The molecule has 3 heteroatoms. The Morgan fingerprint density at radius 3 is 2.53 bits per heavy atom. The Morgan fingerprint density at radius 1 is 1.29 bits per heavy atom. The lowest BCUT2D eigenvalue weighted by molar-refractivity contribution is 0.113. The predicted molar refractivity (Wildman–Crippen MR) is 73.2 cm³/mol. The molecule has 2 atom stereocenters. The van der Waals surface area contributed by atoms with E-state index in [2.05, 4.69) is 31.0 Å². The summed E-state index contributed by atoms with van der Waals surface area (Å²) in [4.78, 5) is 2.48. The normalized spacial score (nSPS) is 29.1. The van der Waals surface area contributed by atoms with Crippen LogP contribution >= 0.6 is 0 Å². The van der Waals surface area contributed by atoms with E-state index in [-0.39, 0.29) is 5.54 Å². The largest absolute Gasteiger partial charge is 0.394 e. The molecule has 0 spiro atoms. The van der Waals surface area contributed by atoms with Gasteiger partial charge in [-0.05, 0) is 51.4 Å². The van der Waals surface area contributed by atoms with Gasteiger partial charge < -0.3 is 15.3 Å². The van der Waals surface area contributed by atoms with Crippen molar-refractivity contribution in [1.29, 1.82) is 0 Å². The predicted octanol–water partition coefficient (Wildman–Crippen LogP) is 1.86. The molecule has 0 radical (unpaired) electrons. The van der Waals surface area contributed by atoms with Crippen LogP contribution in [0.3, 0.4) is 0 Å². The molecule has 17 heavy (non-hydrogen) atoms. The molecule has 1 aliphatic carbocycles. The van der Waals surface area contributed by atoms with E-state index in [1.54, 1.807) is 0 Å². The highest BCUT2D eigenvalue weighted by molar-refractivity contribution is 4.98. The minimum atomic E-state index is 0.0158. The number of rotatable bonds is 8. The highest BCUT2D eigenvalue weighted by atomic mass is 16.3. The van der Waals surface area contributed by atoms with Gasteiger partial charge in [-0.15, -0.1) is 0 Å². The minimum Gasteiger partial charge on any atom is -0.394 e. The van der Waals surface area contributed by atoms with Crippen LogP contribution < -0.4 is 5.32 Å². The summed E-state index contributed by atoms with van der Waals surface area (Å²) in [6.45, 7) is 11.3. The van der Waals surface area contributed by atoms with Gasteiger partial charge in [0.1, 0.15) is 0 Å². The maximum atomic E-state index is 9.72. The summed E-state index contributed by atoms with van der Waals surface area (Å²) in [7, 11) is 0. The molecule has 0 bridgehead atoms. The van der Waals surface area contributed by atoms with Crippen LogP contribution in [-0.2, 0) is 0 Å². The highest BCUT2D eigenvalue weighted by Gasteiger charge is 2.41. The number of hydrogen-bond donors (Lipinski definition) is 2. The van der Waals surface area contributed by atoms with Crippen molar-refractivity contribution >= 4 is 0 Å². The minimum absolute atomic E-state index is 0.0158. The molecule has 102 valence electrons. The molecular weight excluding hydrogens is 212 g/mol. The molecule has 0 heterocycles. The highest BCUT2D eigenvalue weighted by Crippen LogP contribution is 2.37. The first-order chi connectivity index (χ1) is 8.22. The Hall–Kier alpha value is -0.120. The van der Waals surface area contributed by atoms with Crippen LogP contribution in [0.15, 0.2) is 0 Å². The zero-order chi connectivity index (χ0) is 12.7. The Morgan fingerprint density at radius 2 is 2.00 bits per heavy atom. The number of aliphatic hydroxyl groups excluding tert-OH is 1. The Bertz CT molecular complexity index is 206. The summed E-state index contributed by atoms with van der Waals surface area (Å²) in [5.74, 6) is 0.646. The molecule has 0 aromatic rings. The van der Waals surface area contributed by atoms with E-state index < -0.39 is 0 Å². The van der Waals surface area contributed by atoms with Gasteiger partial charge in [-0.3, -0.25) is 0 Å². The summed E-state index contributed by atoms with van der Waals surface area (Å²) in [6, 6.07) is 0. The van der Waals surface area contributed by atoms with Gasteiger partial charge in [0.2, 0.25) is 0 Å². The molecule has 0 saturated heterocycles. The monoisotopic (exact) mass is 242 g/mol. The summed E-state index contributed by atoms with van der Waals surface area (Å²) in [5, 5.41) is 13.3. The van der Waals surface area contributed by atoms with Crippen LogP contribution in [0.25, 0.3) is 0 Å². The maximum Gasteiger partial charge on any atom is 0.0616 e. The van der Waals surface area contributed by atoms with E-state index in [1.807, 2.05) is 0 Å². The van der Waals surface area contributed by atoms with Crippen molar-refractivity contribution in [2.75, 3.05) is 32.8 Å². The zero-order valence-corrected chi connectivity index (χ0v) is 11.8. The number of aliphatic hydroxyl groups is 1. The summed E-state index contributed by atoms with van der Waals surface area (Å²) in [6.07, 6.45) is 4.89. The first-order valence-corrected chi connectivity index (χ1v) is 7.30. The van der Waals surface area contributed by atoms with E-state index in [0.29, 0.717) is 12.5 Å². The van der Waals surface area contributed by atoms with Crippen molar-refractivity contribution < 1.29 is 5.11 Å². The second-order valence-electron chi connectivity index (χ2n) is 5.25. The number of nitrogens with zero attached hydrogens (tertiary/aromatic N) is 1. The fraction of sp³-hybridized carbons (Fsp3) is 1.00. The van der Waals surface area contributed by atoms with Gasteiger partial charge in [-0.2, -0.15) is 0 Å². The molecule has 0 aliphatic heterocycles. The first kappa shape index (κ1) is 14.9. The van der Waals surface area contributed by atoms with E-state index >= 15 is 0 Å². The number of likely N-dealkylation sites (N-methyl/N-ethyl adjacent to an activating group) is 1. The molecule has 0 aromatic heterocycles. The van der Waals surface area contributed by atoms with Crippen molar-refractivity contribution in [3.8, 4) is 0 Å². The maximum absolute atomic E-state index is 9.72. The lowest BCUT2D eigenvalue weighted by atomic mass is 9.85. The summed E-state index contributed by atoms with van der Waals surface area (Å²) in [5.41, 5.74) is 0.0158. The second kappa shape index (κ2) is 7.34. The molecule has 0 aromatic carbocycles. The van der Waals surface area contributed by atoms with Crippen LogP contribution in [0, 0.1) is 5.92 Å². The fourth-order valence-corrected chi connectivity index (χ4v) is 3.29. The van der Waals surface area contributed by atoms with E-state index in [9.17, 15) is 5.11 Å². The van der Waals surface area contributed by atoms with Crippen molar-refractivity contribution in [2.45, 2.75) is 52.0 Å². The van der Waals surface area contributed by atoms with Gasteiger partial charge in [-0.25, -0.2) is 0 Å². The van der Waals surface area contributed by atoms with Gasteiger partial charge in [-0.1, -0.05) is 27.2 Å². The molecule has 0 amide bonds. The van der Waals surface area contributed by atoms with Crippen LogP contribution in [-0.4, -0.2) is 48.3 Å². The van der Waals surface area contributed by atoms with E-state index in [1.165, 1.54) is 25.8 Å². The molecule has 3 nitrogen and oxygen atoms in total. The van der Waals surface area contributed by atoms with Gasteiger partial charge in [0, 0.05) is 5.54 Å². The average Bonchev–Trinajstić information content (AvgIpc) is 2.75. The van der Waals surface area contributed by atoms with Crippen molar-refractivity contribution in [1.82, 2.24) is 10.2 Å². The third-order valence-corrected chi connectivity index (χ3v) is 4.46. The van der Waals surface area contributed by atoms with Crippen LogP contribution in [0.4, 0.5) is 0 Å². The Kier molecular flexibility index (Phi) is 6.45. The molecule has 1 fully saturated rings. The molecule has 1 saturated carbocycles. The standard InChI is InChI=1S/C14H30N2O/c1-4-15-14(12-17)10-7-8-13(14)9-11-16(5-2)6-3/h13,15,17H,4-12H2,1-3H3. The summed E-state index contributed by atoms with van der Waals surface area (Å²) < 4.78 is 0. The second-order valence-corrected chi connectivity index (χ2v) is 5.25. The molecule has 2 unspecified atom stereocenters. The van der Waals surface area contributed by atoms with Gasteiger partial charge >= 0.3 is 0 Å². The zero-order valence-electron chi connectivity index (χ0n) is 11.8. The number of hydrogen-bond acceptors (Lipinski definition) is 3. The summed E-state index contributed by atoms with van der Waals surface area (Å²) >= 11 is 0. The van der Waals surface area contributed by atoms with Gasteiger partial charge in [0.05, 0.1) is 6.61 Å². The Balaban J connectivity index is 2.50. The molecular formula is C14H30N2O. The van der Waals surface area contributed by atoms with Crippen LogP contribution in [0.2, 0.25) is 0 Å². The van der Waals surface area contributed by atoms with Gasteiger partial charge in [0.15, 0.2) is 0 Å².